The number of benzene rings is 1. The molecule has 1 aromatic heterocycles. The Labute approximate surface area is 152 Å². The Morgan fingerprint density at radius 2 is 2.08 bits per heavy atom. The molecule has 0 aliphatic heterocycles. The van der Waals surface area contributed by atoms with Crippen LogP contribution in [-0.2, 0) is 0 Å². The van der Waals surface area contributed by atoms with E-state index in [-0.39, 0.29) is 18.2 Å². The van der Waals surface area contributed by atoms with Crippen molar-refractivity contribution in [3.63, 3.8) is 0 Å². The molecule has 0 amide bonds. The molecular weight excluding hydrogens is 346 g/mol. The van der Waals surface area contributed by atoms with Gasteiger partial charge in [-0.3, -0.25) is 5.10 Å². The predicted molar refractivity (Wildman–Crippen MR) is 99.1 cm³/mol. The van der Waals surface area contributed by atoms with Crippen LogP contribution < -0.4 is 10.1 Å². The molecule has 1 atom stereocenters. The zero-order valence-corrected chi connectivity index (χ0v) is 15.5. The molecule has 130 valence electrons. The molecule has 0 spiro atoms. The van der Waals surface area contributed by atoms with E-state index in [9.17, 15) is 5.11 Å². The van der Waals surface area contributed by atoms with E-state index >= 15 is 0 Å². The second-order valence-corrected chi connectivity index (χ2v) is 7.41. The van der Waals surface area contributed by atoms with Gasteiger partial charge in [0.05, 0.1) is 18.3 Å². The van der Waals surface area contributed by atoms with E-state index < -0.39 is 0 Å². The number of nitrogens with zero attached hydrogens (tertiary/aromatic N) is 1. The zero-order valence-electron chi connectivity index (χ0n) is 14.0. The van der Waals surface area contributed by atoms with Crippen LogP contribution in [-0.4, -0.2) is 40.1 Å². The zero-order chi connectivity index (χ0) is 17.7. The summed E-state index contributed by atoms with van der Waals surface area (Å²) in [4.78, 5) is 0. The summed E-state index contributed by atoms with van der Waals surface area (Å²) in [5.74, 6) is 0.645. The average molecular weight is 368 g/mol. The SMILES string of the molecule is CC(C)(C)NC(CO)COc1ccc(Cl)cc1-c1ccc(=S)[nH]n1. The molecule has 7 heteroatoms. The molecule has 3 N–H and O–H groups in total. The molecule has 2 rings (SSSR count). The van der Waals surface area contributed by atoms with Gasteiger partial charge < -0.3 is 15.2 Å². The fourth-order valence-corrected chi connectivity index (χ4v) is 2.55. The summed E-state index contributed by atoms with van der Waals surface area (Å²) in [7, 11) is 0. The summed E-state index contributed by atoms with van der Waals surface area (Å²) < 4.78 is 6.47. The Morgan fingerprint density at radius 1 is 1.33 bits per heavy atom. The van der Waals surface area contributed by atoms with Crippen molar-refractivity contribution < 1.29 is 9.84 Å². The lowest BCUT2D eigenvalue weighted by molar-refractivity contribution is 0.162. The van der Waals surface area contributed by atoms with Crippen LogP contribution in [0.2, 0.25) is 5.02 Å². The van der Waals surface area contributed by atoms with Crippen molar-refractivity contribution in [2.24, 2.45) is 0 Å². The Balaban J connectivity index is 2.21. The molecule has 1 unspecified atom stereocenters. The van der Waals surface area contributed by atoms with Crippen molar-refractivity contribution in [3.8, 4) is 17.0 Å². The Kier molecular flexibility index (Phi) is 6.34. The van der Waals surface area contributed by atoms with E-state index in [1.165, 1.54) is 0 Å². The molecule has 1 aromatic carbocycles. The second-order valence-electron chi connectivity index (χ2n) is 6.53. The summed E-state index contributed by atoms with van der Waals surface area (Å²) in [5, 5.41) is 20.4. The smallest absolute Gasteiger partial charge is 0.128 e. The van der Waals surface area contributed by atoms with Gasteiger partial charge in [-0.1, -0.05) is 23.8 Å². The summed E-state index contributed by atoms with van der Waals surface area (Å²) in [6.07, 6.45) is 0. The van der Waals surface area contributed by atoms with Crippen molar-refractivity contribution in [3.05, 3.63) is 40.0 Å². The minimum absolute atomic E-state index is 0.0170. The molecule has 1 heterocycles. The molecule has 0 radical (unpaired) electrons. The number of ether oxygens (including phenoxy) is 1. The molecule has 0 aliphatic rings. The lowest BCUT2D eigenvalue weighted by Gasteiger charge is -2.27. The van der Waals surface area contributed by atoms with Crippen molar-refractivity contribution in [1.29, 1.82) is 0 Å². The topological polar surface area (TPSA) is 70.2 Å². The van der Waals surface area contributed by atoms with Crippen LogP contribution in [0.5, 0.6) is 5.75 Å². The molecule has 2 aromatic rings. The van der Waals surface area contributed by atoms with Gasteiger partial charge >= 0.3 is 0 Å². The number of aliphatic hydroxyl groups excluding tert-OH is 1. The molecule has 0 saturated carbocycles. The number of aromatic nitrogens is 2. The third kappa shape index (κ3) is 5.56. The first-order valence-electron chi connectivity index (χ1n) is 7.65. The van der Waals surface area contributed by atoms with Gasteiger partial charge in [0.25, 0.3) is 0 Å². The summed E-state index contributed by atoms with van der Waals surface area (Å²) >= 11 is 11.1. The number of aliphatic hydroxyl groups is 1. The number of hydrogen-bond donors (Lipinski definition) is 3. The standard InChI is InChI=1S/C17H22ClN3O2S/c1-17(2,3)19-12(9-22)10-23-15-6-4-11(18)8-13(15)14-5-7-16(24)21-20-14/h4-8,12,19,22H,9-10H2,1-3H3,(H,21,24). The van der Waals surface area contributed by atoms with Gasteiger partial charge in [0.2, 0.25) is 0 Å². The first-order valence-corrected chi connectivity index (χ1v) is 8.44. The molecular formula is C17H22ClN3O2S. The number of rotatable bonds is 6. The van der Waals surface area contributed by atoms with Crippen LogP contribution in [0.4, 0.5) is 0 Å². The largest absolute Gasteiger partial charge is 0.491 e. The van der Waals surface area contributed by atoms with Crippen molar-refractivity contribution >= 4 is 23.8 Å². The highest BCUT2D eigenvalue weighted by Gasteiger charge is 2.18. The first-order chi connectivity index (χ1) is 11.3. The molecule has 5 nitrogen and oxygen atoms in total. The van der Waals surface area contributed by atoms with Gasteiger partial charge in [-0.15, -0.1) is 0 Å². The molecule has 0 aliphatic carbocycles. The average Bonchev–Trinajstić information content (AvgIpc) is 2.52. The summed E-state index contributed by atoms with van der Waals surface area (Å²) in [5.41, 5.74) is 1.33. The number of hydrogen-bond acceptors (Lipinski definition) is 5. The van der Waals surface area contributed by atoms with Crippen molar-refractivity contribution in [2.45, 2.75) is 32.4 Å². The molecule has 0 bridgehead atoms. The highest BCUT2D eigenvalue weighted by atomic mass is 35.5. The van der Waals surface area contributed by atoms with Gasteiger partial charge in [0.1, 0.15) is 17.0 Å². The van der Waals surface area contributed by atoms with Gasteiger partial charge in [0.15, 0.2) is 0 Å². The summed E-state index contributed by atoms with van der Waals surface area (Å²) in [6, 6.07) is 8.75. The quantitative estimate of drug-likeness (QED) is 0.681. The van der Waals surface area contributed by atoms with E-state index in [1.807, 2.05) is 26.8 Å². The highest BCUT2D eigenvalue weighted by molar-refractivity contribution is 7.71. The van der Waals surface area contributed by atoms with Crippen LogP contribution in [0.3, 0.4) is 0 Å². The number of halogens is 1. The van der Waals surface area contributed by atoms with Crippen LogP contribution in [0, 0.1) is 4.64 Å². The fourth-order valence-electron chi connectivity index (χ4n) is 2.27. The lowest BCUT2D eigenvalue weighted by Crippen LogP contribution is -2.48. The van der Waals surface area contributed by atoms with Crippen molar-refractivity contribution in [2.75, 3.05) is 13.2 Å². The van der Waals surface area contributed by atoms with Gasteiger partial charge in [-0.05, 0) is 51.1 Å². The van der Waals surface area contributed by atoms with Crippen LogP contribution in [0.15, 0.2) is 30.3 Å². The fraction of sp³-hybridized carbons (Fsp3) is 0.412. The molecule has 24 heavy (non-hydrogen) atoms. The Bertz CT molecular complexity index is 723. The molecule has 0 fully saturated rings. The number of H-pyrrole nitrogens is 1. The van der Waals surface area contributed by atoms with Gasteiger partial charge in [0, 0.05) is 16.1 Å². The Morgan fingerprint density at radius 3 is 2.67 bits per heavy atom. The Hall–Kier alpha value is -1.47. The maximum Gasteiger partial charge on any atom is 0.128 e. The van der Waals surface area contributed by atoms with Crippen LogP contribution >= 0.6 is 23.8 Å². The van der Waals surface area contributed by atoms with Crippen LogP contribution in [0.1, 0.15) is 20.8 Å². The van der Waals surface area contributed by atoms with Crippen molar-refractivity contribution in [1.82, 2.24) is 15.5 Å². The normalized spacial score (nSPS) is 12.9. The number of aromatic amines is 1. The highest BCUT2D eigenvalue weighted by Crippen LogP contribution is 2.31. The lowest BCUT2D eigenvalue weighted by atomic mass is 10.1. The molecule has 0 saturated heterocycles. The maximum atomic E-state index is 9.54. The number of nitrogens with one attached hydrogen (secondary N) is 2. The van der Waals surface area contributed by atoms with Crippen LogP contribution in [0.25, 0.3) is 11.3 Å². The van der Waals surface area contributed by atoms with E-state index in [0.29, 0.717) is 27.7 Å². The second kappa shape index (κ2) is 8.07. The monoisotopic (exact) mass is 367 g/mol. The van der Waals surface area contributed by atoms with Gasteiger partial charge in [-0.2, -0.15) is 5.10 Å². The maximum absolute atomic E-state index is 9.54. The first kappa shape index (κ1) is 18.9. The predicted octanol–water partition coefficient (Wildman–Crippen LogP) is 3.59. The third-order valence-corrected chi connectivity index (χ3v) is 3.66. The van der Waals surface area contributed by atoms with Gasteiger partial charge in [-0.25, -0.2) is 0 Å². The van der Waals surface area contributed by atoms with E-state index in [0.717, 1.165) is 5.56 Å². The minimum Gasteiger partial charge on any atom is -0.491 e. The van der Waals surface area contributed by atoms with E-state index in [4.69, 9.17) is 28.6 Å². The minimum atomic E-state index is -0.178. The third-order valence-electron chi connectivity index (χ3n) is 3.19. The summed E-state index contributed by atoms with van der Waals surface area (Å²) in [6.45, 7) is 6.43. The van der Waals surface area contributed by atoms with E-state index in [1.54, 1.807) is 24.3 Å². The van der Waals surface area contributed by atoms with E-state index in [2.05, 4.69) is 15.5 Å².